The summed E-state index contributed by atoms with van der Waals surface area (Å²) >= 11 is 0. The molecule has 1 aliphatic rings. The molecule has 2 aromatic rings. The van der Waals surface area contributed by atoms with Crippen LogP contribution < -0.4 is 10.9 Å². The lowest BCUT2D eigenvalue weighted by molar-refractivity contribution is -0.117. The molecule has 0 unspecified atom stereocenters. The van der Waals surface area contributed by atoms with Gasteiger partial charge >= 0.3 is 0 Å². The van der Waals surface area contributed by atoms with Crippen molar-refractivity contribution < 1.29 is 4.79 Å². The Balaban J connectivity index is 1.78. The number of carbonyl (C=O) groups is 1. The molecule has 5 heteroatoms. The molecule has 1 amide bonds. The van der Waals surface area contributed by atoms with Crippen LogP contribution in [-0.2, 0) is 24.2 Å². The first kappa shape index (κ1) is 16.4. The third-order valence-corrected chi connectivity index (χ3v) is 4.70. The number of hydrogen-bond donors (Lipinski definition) is 1. The van der Waals surface area contributed by atoms with Gasteiger partial charge in [-0.05, 0) is 62.3 Å². The molecule has 0 atom stereocenters. The summed E-state index contributed by atoms with van der Waals surface area (Å²) in [5.74, 6) is -0.230. The summed E-state index contributed by atoms with van der Waals surface area (Å²) in [7, 11) is 0. The first-order valence-electron chi connectivity index (χ1n) is 8.50. The van der Waals surface area contributed by atoms with Gasteiger partial charge in [0.05, 0.1) is 5.69 Å². The van der Waals surface area contributed by atoms with E-state index >= 15 is 0 Å². The lowest BCUT2D eigenvalue weighted by Crippen LogP contribution is -2.31. The van der Waals surface area contributed by atoms with Gasteiger partial charge in [0.1, 0.15) is 6.54 Å². The van der Waals surface area contributed by atoms with Crippen LogP contribution in [0.3, 0.4) is 0 Å². The minimum absolute atomic E-state index is 0.0561. The number of rotatable bonds is 3. The summed E-state index contributed by atoms with van der Waals surface area (Å²) in [6, 6.07) is 7.43. The minimum Gasteiger partial charge on any atom is -0.324 e. The zero-order chi connectivity index (χ0) is 17.1. The number of hydrogen-bond acceptors (Lipinski definition) is 3. The van der Waals surface area contributed by atoms with Crippen LogP contribution in [0.1, 0.15) is 41.6 Å². The second-order valence-electron chi connectivity index (χ2n) is 6.47. The van der Waals surface area contributed by atoms with Crippen molar-refractivity contribution in [1.29, 1.82) is 0 Å². The first-order valence-corrected chi connectivity index (χ1v) is 8.50. The summed E-state index contributed by atoms with van der Waals surface area (Å²) in [6.45, 7) is 3.92. The molecule has 1 aromatic heterocycles. The number of benzene rings is 1. The molecule has 0 spiro atoms. The highest BCUT2D eigenvalue weighted by atomic mass is 16.2. The molecule has 0 aliphatic heterocycles. The summed E-state index contributed by atoms with van der Waals surface area (Å²) in [5, 5.41) is 7.32. The molecule has 1 aliphatic carbocycles. The molecule has 1 aromatic carbocycles. The first-order chi connectivity index (χ1) is 11.5. The standard InChI is InChI=1S/C19H23N3O2/c1-13-7-6-10-16(14(13)2)20-18(23)12-22-19(24)11-15-8-4-3-5-9-17(15)21-22/h6-7,10-11H,3-5,8-9,12H2,1-2H3,(H,20,23). The average Bonchev–Trinajstić information content (AvgIpc) is 2.77. The van der Waals surface area contributed by atoms with Gasteiger partial charge in [0.25, 0.3) is 5.56 Å². The maximum absolute atomic E-state index is 12.3. The van der Waals surface area contributed by atoms with Crippen LogP contribution in [0, 0.1) is 13.8 Å². The highest BCUT2D eigenvalue weighted by molar-refractivity contribution is 5.91. The molecular formula is C19H23N3O2. The Bertz CT molecular complexity index is 824. The van der Waals surface area contributed by atoms with Crippen molar-refractivity contribution in [2.75, 3.05) is 5.32 Å². The average molecular weight is 325 g/mol. The molecule has 3 rings (SSSR count). The molecule has 24 heavy (non-hydrogen) atoms. The molecule has 1 heterocycles. The van der Waals surface area contributed by atoms with E-state index in [1.807, 2.05) is 32.0 Å². The van der Waals surface area contributed by atoms with Gasteiger partial charge in [-0.15, -0.1) is 0 Å². The number of nitrogens with one attached hydrogen (secondary N) is 1. The minimum atomic E-state index is -0.230. The Morgan fingerprint density at radius 3 is 2.83 bits per heavy atom. The fourth-order valence-corrected chi connectivity index (χ4v) is 3.10. The van der Waals surface area contributed by atoms with Crippen molar-refractivity contribution in [1.82, 2.24) is 9.78 Å². The van der Waals surface area contributed by atoms with Crippen molar-refractivity contribution in [2.45, 2.75) is 52.5 Å². The van der Waals surface area contributed by atoms with Gasteiger partial charge < -0.3 is 5.32 Å². The maximum atomic E-state index is 12.3. The fourth-order valence-electron chi connectivity index (χ4n) is 3.10. The smallest absolute Gasteiger partial charge is 0.267 e. The van der Waals surface area contributed by atoms with Crippen molar-refractivity contribution >= 4 is 11.6 Å². The molecular weight excluding hydrogens is 302 g/mol. The number of fused-ring (bicyclic) bond motifs is 1. The zero-order valence-corrected chi connectivity index (χ0v) is 14.3. The Labute approximate surface area is 141 Å². The van der Waals surface area contributed by atoms with E-state index in [1.165, 1.54) is 4.68 Å². The lowest BCUT2D eigenvalue weighted by Gasteiger charge is -2.12. The van der Waals surface area contributed by atoms with Crippen LogP contribution in [0.2, 0.25) is 0 Å². The lowest BCUT2D eigenvalue weighted by atomic mass is 10.1. The molecule has 0 fully saturated rings. The summed E-state index contributed by atoms with van der Waals surface area (Å²) in [5.41, 5.74) is 4.74. The second-order valence-corrected chi connectivity index (χ2v) is 6.47. The van der Waals surface area contributed by atoms with Crippen LogP contribution in [0.15, 0.2) is 29.1 Å². The number of anilines is 1. The third-order valence-electron chi connectivity index (χ3n) is 4.70. The van der Waals surface area contributed by atoms with Gasteiger partial charge in [-0.1, -0.05) is 18.6 Å². The van der Waals surface area contributed by atoms with Crippen molar-refractivity contribution in [2.24, 2.45) is 0 Å². The normalized spacial score (nSPS) is 13.9. The van der Waals surface area contributed by atoms with E-state index in [0.29, 0.717) is 0 Å². The Morgan fingerprint density at radius 1 is 1.21 bits per heavy atom. The Hall–Kier alpha value is -2.43. The van der Waals surface area contributed by atoms with Gasteiger partial charge in [0.15, 0.2) is 0 Å². The predicted octanol–water partition coefficient (Wildman–Crippen LogP) is 2.77. The molecule has 5 nitrogen and oxygen atoms in total. The topological polar surface area (TPSA) is 64.0 Å². The van der Waals surface area contributed by atoms with Crippen molar-refractivity contribution in [3.8, 4) is 0 Å². The highest BCUT2D eigenvalue weighted by Crippen LogP contribution is 2.18. The van der Waals surface area contributed by atoms with Gasteiger partial charge in [-0.25, -0.2) is 4.68 Å². The van der Waals surface area contributed by atoms with E-state index in [9.17, 15) is 9.59 Å². The SMILES string of the molecule is Cc1cccc(NC(=O)Cn2nc3c(cc2=O)CCCCC3)c1C. The molecule has 0 saturated heterocycles. The number of aryl methyl sites for hydroxylation is 3. The van der Waals surface area contributed by atoms with E-state index in [-0.39, 0.29) is 18.0 Å². The fraction of sp³-hybridized carbons (Fsp3) is 0.421. The van der Waals surface area contributed by atoms with Gasteiger partial charge in [0.2, 0.25) is 5.91 Å². The molecule has 1 N–H and O–H groups in total. The summed E-state index contributed by atoms with van der Waals surface area (Å²) in [4.78, 5) is 24.6. The summed E-state index contributed by atoms with van der Waals surface area (Å²) in [6.07, 6.45) is 5.15. The van der Waals surface area contributed by atoms with E-state index in [1.54, 1.807) is 6.07 Å². The van der Waals surface area contributed by atoms with Crippen LogP contribution in [0.25, 0.3) is 0 Å². The third kappa shape index (κ3) is 3.55. The number of nitrogens with zero attached hydrogens (tertiary/aromatic N) is 2. The molecule has 126 valence electrons. The van der Waals surface area contributed by atoms with Gasteiger partial charge in [0, 0.05) is 11.8 Å². The summed E-state index contributed by atoms with van der Waals surface area (Å²) < 4.78 is 1.28. The van der Waals surface area contributed by atoms with E-state index in [4.69, 9.17) is 0 Å². The van der Waals surface area contributed by atoms with E-state index in [0.717, 1.165) is 60.2 Å². The molecule has 0 bridgehead atoms. The van der Waals surface area contributed by atoms with Crippen molar-refractivity contribution in [3.63, 3.8) is 0 Å². The Kier molecular flexibility index (Phi) is 4.79. The zero-order valence-electron chi connectivity index (χ0n) is 14.3. The number of carbonyl (C=O) groups excluding carboxylic acids is 1. The van der Waals surface area contributed by atoms with Gasteiger partial charge in [-0.3, -0.25) is 9.59 Å². The van der Waals surface area contributed by atoms with Crippen LogP contribution in [0.5, 0.6) is 0 Å². The second kappa shape index (κ2) is 6.99. The maximum Gasteiger partial charge on any atom is 0.267 e. The predicted molar refractivity (Wildman–Crippen MR) is 94.3 cm³/mol. The molecule has 0 radical (unpaired) electrons. The number of amides is 1. The van der Waals surface area contributed by atoms with Crippen LogP contribution in [-0.4, -0.2) is 15.7 Å². The van der Waals surface area contributed by atoms with Crippen LogP contribution >= 0.6 is 0 Å². The quantitative estimate of drug-likeness (QED) is 0.883. The van der Waals surface area contributed by atoms with E-state index in [2.05, 4.69) is 10.4 Å². The van der Waals surface area contributed by atoms with Crippen LogP contribution in [0.4, 0.5) is 5.69 Å². The molecule has 0 saturated carbocycles. The Morgan fingerprint density at radius 2 is 2.00 bits per heavy atom. The van der Waals surface area contributed by atoms with Gasteiger partial charge in [-0.2, -0.15) is 5.10 Å². The van der Waals surface area contributed by atoms with E-state index < -0.39 is 0 Å². The number of aromatic nitrogens is 2. The monoisotopic (exact) mass is 325 g/mol. The highest BCUT2D eigenvalue weighted by Gasteiger charge is 2.14. The van der Waals surface area contributed by atoms with Crippen molar-refractivity contribution in [3.05, 3.63) is 57.0 Å². The largest absolute Gasteiger partial charge is 0.324 e.